The zero-order valence-corrected chi connectivity index (χ0v) is 17.5. The maximum absolute atomic E-state index is 13.0. The molecule has 1 heterocycles. The Labute approximate surface area is 167 Å². The van der Waals surface area contributed by atoms with Gasteiger partial charge in [0.05, 0.1) is 10.4 Å². The summed E-state index contributed by atoms with van der Waals surface area (Å²) in [5.41, 5.74) is 2.39. The number of fused-ring (bicyclic) bond motifs is 1. The molecule has 0 saturated carbocycles. The Bertz CT molecular complexity index is 1060. The summed E-state index contributed by atoms with van der Waals surface area (Å²) in [6, 6.07) is 17.2. The lowest BCUT2D eigenvalue weighted by atomic mass is 10.0. The van der Waals surface area contributed by atoms with E-state index >= 15 is 0 Å². The van der Waals surface area contributed by atoms with E-state index in [1.54, 1.807) is 30.5 Å². The summed E-state index contributed by atoms with van der Waals surface area (Å²) in [5.74, 6) is 0. The summed E-state index contributed by atoms with van der Waals surface area (Å²) in [4.78, 5) is 4.59. The smallest absolute Gasteiger partial charge is 0.241 e. The van der Waals surface area contributed by atoms with E-state index in [4.69, 9.17) is 0 Å². The minimum Gasteiger partial charge on any atom is -0.304 e. The Morgan fingerprint density at radius 1 is 1.04 bits per heavy atom. The van der Waals surface area contributed by atoms with Crippen molar-refractivity contribution in [3.63, 3.8) is 0 Å². The third kappa shape index (κ3) is 4.58. The molecule has 0 saturated heterocycles. The molecule has 3 rings (SSSR count). The number of sulfonamides is 1. The van der Waals surface area contributed by atoms with Gasteiger partial charge in [0.2, 0.25) is 10.0 Å². The number of aromatic nitrogens is 1. The molecule has 2 aromatic carbocycles. The molecular formula is C22H27N3O2S. The van der Waals surface area contributed by atoms with Gasteiger partial charge in [-0.05, 0) is 57.0 Å². The van der Waals surface area contributed by atoms with E-state index in [2.05, 4.69) is 34.1 Å². The third-order valence-electron chi connectivity index (χ3n) is 4.83. The minimum atomic E-state index is -3.67. The topological polar surface area (TPSA) is 71.1 Å². The maximum Gasteiger partial charge on any atom is 0.241 e. The monoisotopic (exact) mass is 397 g/mol. The van der Waals surface area contributed by atoms with Gasteiger partial charge in [0.25, 0.3) is 0 Å². The molecule has 1 aromatic heterocycles. The highest BCUT2D eigenvalue weighted by molar-refractivity contribution is 7.89. The molecule has 5 nitrogen and oxygen atoms in total. The first-order chi connectivity index (χ1) is 13.2. The van der Waals surface area contributed by atoms with Crippen LogP contribution in [-0.2, 0) is 10.0 Å². The molecule has 0 aliphatic heterocycles. The largest absolute Gasteiger partial charge is 0.304 e. The molecule has 0 aliphatic carbocycles. The van der Waals surface area contributed by atoms with Gasteiger partial charge in [-0.25, -0.2) is 13.1 Å². The Kier molecular flexibility index (Phi) is 5.84. The van der Waals surface area contributed by atoms with Crippen molar-refractivity contribution in [2.24, 2.45) is 0 Å². The molecule has 0 amide bonds. The lowest BCUT2D eigenvalue weighted by Crippen LogP contribution is -2.49. The predicted molar refractivity (Wildman–Crippen MR) is 114 cm³/mol. The molecule has 2 N–H and O–H groups in total. The highest BCUT2D eigenvalue weighted by Gasteiger charge is 2.25. The highest BCUT2D eigenvalue weighted by atomic mass is 32.2. The van der Waals surface area contributed by atoms with Crippen LogP contribution in [0.25, 0.3) is 10.9 Å². The number of pyridine rings is 1. The fourth-order valence-corrected chi connectivity index (χ4v) is 4.75. The molecule has 1 atom stereocenters. The molecule has 0 aliphatic rings. The van der Waals surface area contributed by atoms with E-state index in [0.717, 1.165) is 11.1 Å². The normalized spacial score (nSPS) is 13.6. The standard InChI is InChI=1S/C22H27N3O2S/c1-16-12-13-20(19-11-8-14-23-21(16)19)28(26,27)24-15-22(3,4)25-17(2)18-9-6-5-7-10-18/h5-14,17,24-25H,15H2,1-4H3. The van der Waals surface area contributed by atoms with E-state index in [1.807, 2.05) is 39.0 Å². The fraction of sp³-hybridized carbons (Fsp3) is 0.318. The quantitative estimate of drug-likeness (QED) is 0.633. The zero-order chi connectivity index (χ0) is 20.4. The second kappa shape index (κ2) is 7.99. The number of nitrogens with one attached hydrogen (secondary N) is 2. The van der Waals surface area contributed by atoms with Crippen molar-refractivity contribution < 1.29 is 8.42 Å². The third-order valence-corrected chi connectivity index (χ3v) is 6.29. The van der Waals surface area contributed by atoms with Gasteiger partial charge in [0.1, 0.15) is 0 Å². The molecule has 28 heavy (non-hydrogen) atoms. The van der Waals surface area contributed by atoms with Crippen LogP contribution in [0.4, 0.5) is 0 Å². The highest BCUT2D eigenvalue weighted by Crippen LogP contribution is 2.24. The second-order valence-electron chi connectivity index (χ2n) is 7.77. The van der Waals surface area contributed by atoms with Gasteiger partial charge >= 0.3 is 0 Å². The van der Waals surface area contributed by atoms with Gasteiger partial charge in [-0.1, -0.05) is 36.4 Å². The van der Waals surface area contributed by atoms with Crippen LogP contribution in [-0.4, -0.2) is 25.5 Å². The van der Waals surface area contributed by atoms with Crippen molar-refractivity contribution in [3.05, 3.63) is 71.9 Å². The van der Waals surface area contributed by atoms with Gasteiger partial charge < -0.3 is 5.32 Å². The molecule has 6 heteroatoms. The Morgan fingerprint density at radius 3 is 2.46 bits per heavy atom. The molecule has 0 radical (unpaired) electrons. The number of aryl methyl sites for hydroxylation is 1. The first kappa shape index (κ1) is 20.5. The first-order valence-electron chi connectivity index (χ1n) is 9.36. The van der Waals surface area contributed by atoms with Crippen molar-refractivity contribution >= 4 is 20.9 Å². The lowest BCUT2D eigenvalue weighted by molar-refractivity contribution is 0.346. The SMILES string of the molecule is Cc1ccc(S(=O)(=O)NCC(C)(C)NC(C)c2ccccc2)c2cccnc12. The van der Waals surface area contributed by atoms with Gasteiger partial charge in [0.15, 0.2) is 0 Å². The van der Waals surface area contributed by atoms with Crippen LogP contribution in [0.2, 0.25) is 0 Å². The fourth-order valence-electron chi connectivity index (χ4n) is 3.34. The van der Waals surface area contributed by atoms with E-state index in [1.165, 1.54) is 0 Å². The van der Waals surface area contributed by atoms with Crippen molar-refractivity contribution in [1.29, 1.82) is 0 Å². The summed E-state index contributed by atoms with van der Waals surface area (Å²) in [7, 11) is -3.67. The Morgan fingerprint density at radius 2 is 1.75 bits per heavy atom. The van der Waals surface area contributed by atoms with Crippen molar-refractivity contribution in [2.45, 2.75) is 44.2 Å². The molecule has 3 aromatic rings. The van der Waals surface area contributed by atoms with Crippen LogP contribution in [0.5, 0.6) is 0 Å². The Balaban J connectivity index is 1.77. The number of benzene rings is 2. The van der Waals surface area contributed by atoms with E-state index in [-0.39, 0.29) is 17.5 Å². The summed E-state index contributed by atoms with van der Waals surface area (Å²) >= 11 is 0. The van der Waals surface area contributed by atoms with Gasteiger partial charge in [0, 0.05) is 29.7 Å². The average Bonchev–Trinajstić information content (AvgIpc) is 2.67. The lowest BCUT2D eigenvalue weighted by Gasteiger charge is -2.31. The molecular weight excluding hydrogens is 370 g/mol. The minimum absolute atomic E-state index is 0.102. The summed E-state index contributed by atoms with van der Waals surface area (Å²) in [5, 5.41) is 4.14. The van der Waals surface area contributed by atoms with E-state index < -0.39 is 15.6 Å². The molecule has 0 spiro atoms. The molecule has 1 unspecified atom stereocenters. The number of nitrogens with zero attached hydrogens (tertiary/aromatic N) is 1. The van der Waals surface area contributed by atoms with Crippen LogP contribution in [0.1, 0.15) is 37.9 Å². The average molecular weight is 398 g/mol. The van der Waals surface area contributed by atoms with Crippen LogP contribution < -0.4 is 10.0 Å². The first-order valence-corrected chi connectivity index (χ1v) is 10.8. The van der Waals surface area contributed by atoms with Crippen molar-refractivity contribution in [1.82, 2.24) is 15.0 Å². The van der Waals surface area contributed by atoms with E-state index in [0.29, 0.717) is 10.9 Å². The van der Waals surface area contributed by atoms with Crippen molar-refractivity contribution in [2.75, 3.05) is 6.54 Å². The van der Waals surface area contributed by atoms with Crippen LogP contribution in [0, 0.1) is 6.92 Å². The summed E-state index contributed by atoms with van der Waals surface area (Å²) in [6.07, 6.45) is 1.68. The summed E-state index contributed by atoms with van der Waals surface area (Å²) < 4.78 is 28.8. The van der Waals surface area contributed by atoms with Crippen LogP contribution in [0.3, 0.4) is 0 Å². The van der Waals surface area contributed by atoms with Gasteiger partial charge in [-0.3, -0.25) is 4.98 Å². The number of hydrogen-bond acceptors (Lipinski definition) is 4. The van der Waals surface area contributed by atoms with E-state index in [9.17, 15) is 8.42 Å². The summed E-state index contributed by atoms with van der Waals surface area (Å²) in [6.45, 7) is 8.25. The molecule has 0 bridgehead atoms. The van der Waals surface area contributed by atoms with Gasteiger partial charge in [-0.2, -0.15) is 0 Å². The molecule has 0 fully saturated rings. The number of hydrogen-bond donors (Lipinski definition) is 2. The second-order valence-corrected chi connectivity index (χ2v) is 9.50. The molecule has 148 valence electrons. The van der Waals surface area contributed by atoms with Crippen LogP contribution >= 0.6 is 0 Å². The van der Waals surface area contributed by atoms with Crippen molar-refractivity contribution in [3.8, 4) is 0 Å². The number of rotatable bonds is 7. The Hall–Kier alpha value is -2.28. The zero-order valence-electron chi connectivity index (χ0n) is 16.7. The van der Waals surface area contributed by atoms with Gasteiger partial charge in [-0.15, -0.1) is 0 Å². The predicted octanol–water partition coefficient (Wildman–Crippen LogP) is 3.95. The maximum atomic E-state index is 13.0. The van der Waals surface area contributed by atoms with Crippen LogP contribution in [0.15, 0.2) is 65.7 Å².